The van der Waals surface area contributed by atoms with E-state index in [1.807, 2.05) is 11.6 Å². The molecule has 0 radical (unpaired) electrons. The first kappa shape index (κ1) is 10.5. The van der Waals surface area contributed by atoms with Gasteiger partial charge >= 0.3 is 0 Å². The first-order valence-corrected chi connectivity index (χ1v) is 5.50. The normalized spacial score (nSPS) is 17.3. The third-order valence-electron chi connectivity index (χ3n) is 3.18. The molecule has 0 aliphatic heterocycles. The molecule has 0 bridgehead atoms. The molecule has 0 spiro atoms. The van der Waals surface area contributed by atoms with Crippen LogP contribution in [0.1, 0.15) is 43.0 Å². The van der Waals surface area contributed by atoms with Gasteiger partial charge in [-0.1, -0.05) is 12.8 Å². The Morgan fingerprint density at radius 2 is 2.13 bits per heavy atom. The Morgan fingerprint density at radius 3 is 2.67 bits per heavy atom. The van der Waals surface area contributed by atoms with Crippen LogP contribution < -0.4 is 4.74 Å². The molecule has 2 rings (SSSR count). The molecule has 1 aliphatic rings. The number of aliphatic hydroxyl groups is 1. The van der Waals surface area contributed by atoms with Crippen molar-refractivity contribution in [2.24, 2.45) is 0 Å². The van der Waals surface area contributed by atoms with Crippen molar-refractivity contribution in [2.75, 3.05) is 7.11 Å². The predicted octanol–water partition coefficient (Wildman–Crippen LogP) is 1.81. The highest BCUT2D eigenvalue weighted by Gasteiger charge is 2.24. The lowest BCUT2D eigenvalue weighted by atomic mass is 10.2. The summed E-state index contributed by atoms with van der Waals surface area (Å²) >= 11 is 0. The van der Waals surface area contributed by atoms with E-state index in [2.05, 4.69) is 5.10 Å². The summed E-state index contributed by atoms with van der Waals surface area (Å²) < 4.78 is 7.29. The first-order chi connectivity index (χ1) is 7.27. The maximum Gasteiger partial charge on any atom is 0.217 e. The molecule has 15 heavy (non-hydrogen) atoms. The minimum atomic E-state index is 0.00171. The van der Waals surface area contributed by atoms with Gasteiger partial charge in [-0.2, -0.15) is 5.10 Å². The fourth-order valence-corrected chi connectivity index (χ4v) is 2.36. The average Bonchev–Trinajstić information content (AvgIpc) is 2.83. The number of rotatable bonds is 3. The second-order valence-corrected chi connectivity index (χ2v) is 4.11. The van der Waals surface area contributed by atoms with Crippen LogP contribution in [0, 0.1) is 6.92 Å². The molecule has 0 saturated heterocycles. The van der Waals surface area contributed by atoms with Crippen LogP contribution in [0.5, 0.6) is 5.88 Å². The monoisotopic (exact) mass is 210 g/mol. The molecule has 0 amide bonds. The quantitative estimate of drug-likeness (QED) is 0.827. The smallest absolute Gasteiger partial charge is 0.217 e. The van der Waals surface area contributed by atoms with Crippen molar-refractivity contribution in [3.8, 4) is 5.88 Å². The van der Waals surface area contributed by atoms with E-state index in [0.717, 1.165) is 17.1 Å². The molecule has 1 N–H and O–H groups in total. The van der Waals surface area contributed by atoms with Crippen molar-refractivity contribution >= 4 is 0 Å². The van der Waals surface area contributed by atoms with Crippen molar-refractivity contribution in [2.45, 2.75) is 45.3 Å². The Kier molecular flexibility index (Phi) is 2.95. The molecular weight excluding hydrogens is 192 g/mol. The zero-order chi connectivity index (χ0) is 10.8. The van der Waals surface area contributed by atoms with Crippen LogP contribution in [0.3, 0.4) is 0 Å². The van der Waals surface area contributed by atoms with Gasteiger partial charge in [-0.3, -0.25) is 0 Å². The highest BCUT2D eigenvalue weighted by atomic mass is 16.5. The van der Waals surface area contributed by atoms with Crippen LogP contribution in [-0.2, 0) is 6.61 Å². The lowest BCUT2D eigenvalue weighted by Gasteiger charge is -2.13. The minimum Gasteiger partial charge on any atom is -0.481 e. The molecule has 1 aliphatic carbocycles. The molecule has 1 fully saturated rings. The van der Waals surface area contributed by atoms with Gasteiger partial charge in [-0.05, 0) is 19.8 Å². The SMILES string of the molecule is COc1c(CO)c(C)nn1C1CCCC1. The Hall–Kier alpha value is -1.03. The van der Waals surface area contributed by atoms with E-state index in [9.17, 15) is 5.11 Å². The molecule has 0 unspecified atom stereocenters. The fraction of sp³-hybridized carbons (Fsp3) is 0.727. The van der Waals surface area contributed by atoms with Gasteiger partial charge in [0.05, 0.1) is 31.0 Å². The molecule has 4 heteroatoms. The topological polar surface area (TPSA) is 47.3 Å². The number of nitrogens with zero attached hydrogens (tertiary/aromatic N) is 2. The summed E-state index contributed by atoms with van der Waals surface area (Å²) in [6.07, 6.45) is 4.87. The Bertz CT molecular complexity index is 341. The highest BCUT2D eigenvalue weighted by Crippen LogP contribution is 2.34. The number of aryl methyl sites for hydroxylation is 1. The third kappa shape index (κ3) is 1.74. The molecule has 0 aromatic carbocycles. The Balaban J connectivity index is 2.37. The van der Waals surface area contributed by atoms with E-state index in [-0.39, 0.29) is 6.61 Å². The maximum absolute atomic E-state index is 9.25. The second-order valence-electron chi connectivity index (χ2n) is 4.11. The zero-order valence-corrected chi connectivity index (χ0v) is 9.36. The lowest BCUT2D eigenvalue weighted by Crippen LogP contribution is -2.08. The third-order valence-corrected chi connectivity index (χ3v) is 3.18. The van der Waals surface area contributed by atoms with Gasteiger partial charge in [-0.25, -0.2) is 4.68 Å². The summed E-state index contributed by atoms with van der Waals surface area (Å²) in [4.78, 5) is 0. The summed E-state index contributed by atoms with van der Waals surface area (Å²) in [5.41, 5.74) is 1.70. The van der Waals surface area contributed by atoms with Gasteiger partial charge in [0, 0.05) is 0 Å². The van der Waals surface area contributed by atoms with E-state index in [1.54, 1.807) is 7.11 Å². The van der Waals surface area contributed by atoms with Crippen LogP contribution >= 0.6 is 0 Å². The van der Waals surface area contributed by atoms with Crippen molar-refractivity contribution in [1.82, 2.24) is 9.78 Å². The van der Waals surface area contributed by atoms with Crippen LogP contribution in [0.25, 0.3) is 0 Å². The van der Waals surface area contributed by atoms with Gasteiger partial charge in [0.2, 0.25) is 5.88 Å². The molecule has 0 atom stereocenters. The molecule has 1 saturated carbocycles. The van der Waals surface area contributed by atoms with Crippen molar-refractivity contribution in [3.05, 3.63) is 11.3 Å². The number of aromatic nitrogens is 2. The Labute approximate surface area is 89.9 Å². The number of ether oxygens (including phenoxy) is 1. The van der Waals surface area contributed by atoms with E-state index in [0.29, 0.717) is 6.04 Å². The summed E-state index contributed by atoms with van der Waals surface area (Å²) in [5.74, 6) is 0.738. The van der Waals surface area contributed by atoms with Crippen LogP contribution in [-0.4, -0.2) is 22.0 Å². The lowest BCUT2D eigenvalue weighted by molar-refractivity contribution is 0.266. The van der Waals surface area contributed by atoms with Crippen LogP contribution in [0.15, 0.2) is 0 Å². The standard InChI is InChI=1S/C11H18N2O2/c1-8-10(7-14)11(15-2)13(12-8)9-5-3-4-6-9/h9,14H,3-7H2,1-2H3. The summed E-state index contributed by atoms with van der Waals surface area (Å²) in [6, 6.07) is 0.457. The molecular formula is C11H18N2O2. The summed E-state index contributed by atoms with van der Waals surface area (Å²) in [6.45, 7) is 1.92. The number of hydrogen-bond acceptors (Lipinski definition) is 3. The maximum atomic E-state index is 9.25. The van der Waals surface area contributed by atoms with E-state index in [1.165, 1.54) is 25.7 Å². The van der Waals surface area contributed by atoms with Crippen molar-refractivity contribution in [3.63, 3.8) is 0 Å². The molecule has 4 nitrogen and oxygen atoms in total. The van der Waals surface area contributed by atoms with Gasteiger partial charge in [0.25, 0.3) is 0 Å². The molecule has 1 aromatic rings. The number of aliphatic hydroxyl groups excluding tert-OH is 1. The highest BCUT2D eigenvalue weighted by molar-refractivity contribution is 5.30. The zero-order valence-electron chi connectivity index (χ0n) is 9.36. The second kappa shape index (κ2) is 4.23. The minimum absolute atomic E-state index is 0.00171. The predicted molar refractivity (Wildman–Crippen MR) is 56.9 cm³/mol. The summed E-state index contributed by atoms with van der Waals surface area (Å²) in [7, 11) is 1.64. The van der Waals surface area contributed by atoms with Gasteiger partial charge < -0.3 is 9.84 Å². The largest absolute Gasteiger partial charge is 0.481 e. The van der Waals surface area contributed by atoms with Crippen molar-refractivity contribution < 1.29 is 9.84 Å². The summed E-state index contributed by atoms with van der Waals surface area (Å²) in [5, 5.41) is 13.7. The van der Waals surface area contributed by atoms with E-state index in [4.69, 9.17) is 4.74 Å². The first-order valence-electron chi connectivity index (χ1n) is 5.50. The van der Waals surface area contributed by atoms with Crippen LogP contribution in [0.2, 0.25) is 0 Å². The van der Waals surface area contributed by atoms with E-state index >= 15 is 0 Å². The van der Waals surface area contributed by atoms with Gasteiger partial charge in [-0.15, -0.1) is 0 Å². The van der Waals surface area contributed by atoms with Crippen LogP contribution in [0.4, 0.5) is 0 Å². The van der Waals surface area contributed by atoms with Crippen molar-refractivity contribution in [1.29, 1.82) is 0 Å². The molecule has 84 valence electrons. The van der Waals surface area contributed by atoms with Gasteiger partial charge in [0.15, 0.2) is 0 Å². The molecule has 1 aromatic heterocycles. The van der Waals surface area contributed by atoms with E-state index < -0.39 is 0 Å². The Morgan fingerprint density at radius 1 is 1.47 bits per heavy atom. The average molecular weight is 210 g/mol. The van der Waals surface area contributed by atoms with Gasteiger partial charge in [0.1, 0.15) is 0 Å². The number of methoxy groups -OCH3 is 1. The number of hydrogen-bond donors (Lipinski definition) is 1. The molecule has 1 heterocycles. The fourth-order valence-electron chi connectivity index (χ4n) is 2.36.